The molecule has 1 nitrogen and oxygen atoms in total. The molecule has 1 aliphatic rings. The summed E-state index contributed by atoms with van der Waals surface area (Å²) in [5.41, 5.74) is 1.14. The summed E-state index contributed by atoms with van der Waals surface area (Å²) in [5, 5.41) is 3.70. The van der Waals surface area contributed by atoms with Gasteiger partial charge in [-0.25, -0.2) is 4.39 Å². The van der Waals surface area contributed by atoms with Crippen LogP contribution in [0.25, 0.3) is 0 Å². The monoisotopic (exact) mass is 341 g/mol. The first-order chi connectivity index (χ1) is 9.58. The average molecular weight is 342 g/mol. The Labute approximate surface area is 130 Å². The average Bonchev–Trinajstić information content (AvgIpc) is 2.70. The van der Waals surface area contributed by atoms with Gasteiger partial charge in [0.15, 0.2) is 0 Å². The summed E-state index contributed by atoms with van der Waals surface area (Å²) in [6, 6.07) is 6.07. The van der Waals surface area contributed by atoms with Crippen molar-refractivity contribution in [2.24, 2.45) is 5.92 Å². The predicted molar refractivity (Wildman–Crippen MR) is 86.3 cm³/mol. The van der Waals surface area contributed by atoms with Gasteiger partial charge in [-0.05, 0) is 66.2 Å². The highest BCUT2D eigenvalue weighted by atomic mass is 79.9. The quantitative estimate of drug-likeness (QED) is 0.703. The van der Waals surface area contributed by atoms with E-state index in [0.29, 0.717) is 10.5 Å². The molecule has 0 saturated heterocycles. The van der Waals surface area contributed by atoms with Gasteiger partial charge in [0.05, 0.1) is 4.47 Å². The molecule has 1 unspecified atom stereocenters. The molecule has 2 rings (SSSR count). The Kier molecular flexibility index (Phi) is 6.03. The number of rotatable bonds is 4. The zero-order valence-electron chi connectivity index (χ0n) is 12.5. The molecule has 0 spiro atoms. The first kappa shape index (κ1) is 16.0. The van der Waals surface area contributed by atoms with Gasteiger partial charge in [-0.2, -0.15) is 0 Å². The van der Waals surface area contributed by atoms with Crippen molar-refractivity contribution >= 4 is 15.9 Å². The lowest BCUT2D eigenvalue weighted by atomic mass is 9.92. The summed E-state index contributed by atoms with van der Waals surface area (Å²) >= 11 is 3.26. The van der Waals surface area contributed by atoms with Crippen molar-refractivity contribution < 1.29 is 4.39 Å². The molecular weight excluding hydrogens is 317 g/mol. The zero-order chi connectivity index (χ0) is 14.5. The topological polar surface area (TPSA) is 12.0 Å². The van der Waals surface area contributed by atoms with Crippen LogP contribution in [0.5, 0.6) is 0 Å². The first-order valence-electron chi connectivity index (χ1n) is 7.79. The van der Waals surface area contributed by atoms with Crippen molar-refractivity contribution in [3.8, 4) is 0 Å². The van der Waals surface area contributed by atoms with E-state index in [9.17, 15) is 4.39 Å². The molecule has 112 valence electrons. The third-order valence-corrected chi connectivity index (χ3v) is 5.17. The van der Waals surface area contributed by atoms with Crippen LogP contribution in [0.3, 0.4) is 0 Å². The van der Waals surface area contributed by atoms with Crippen LogP contribution in [0.1, 0.15) is 64.0 Å². The van der Waals surface area contributed by atoms with E-state index in [4.69, 9.17) is 0 Å². The van der Waals surface area contributed by atoms with Crippen LogP contribution >= 0.6 is 15.9 Å². The van der Waals surface area contributed by atoms with Gasteiger partial charge >= 0.3 is 0 Å². The highest BCUT2D eigenvalue weighted by Gasteiger charge is 2.20. The summed E-state index contributed by atoms with van der Waals surface area (Å²) < 4.78 is 13.8. The molecule has 1 saturated carbocycles. The van der Waals surface area contributed by atoms with Gasteiger partial charge in [0.25, 0.3) is 0 Å². The lowest BCUT2D eigenvalue weighted by molar-refractivity contribution is 0.316. The van der Waals surface area contributed by atoms with Crippen LogP contribution in [-0.2, 0) is 0 Å². The second-order valence-corrected chi connectivity index (χ2v) is 6.96. The molecule has 2 atom stereocenters. The van der Waals surface area contributed by atoms with Crippen LogP contribution in [0.4, 0.5) is 4.39 Å². The summed E-state index contributed by atoms with van der Waals surface area (Å²) in [7, 11) is 0. The molecule has 0 heterocycles. The van der Waals surface area contributed by atoms with Crippen molar-refractivity contribution in [3.05, 3.63) is 34.1 Å². The SMILES string of the molecule is CC(N[C@@H](C)C1CCCCCC1)c1ccc(F)c(Br)c1. The molecule has 1 aromatic carbocycles. The minimum Gasteiger partial charge on any atom is -0.307 e. The fourth-order valence-corrected chi connectivity index (χ4v) is 3.62. The fourth-order valence-electron chi connectivity index (χ4n) is 3.22. The second-order valence-electron chi connectivity index (χ2n) is 6.10. The summed E-state index contributed by atoms with van der Waals surface area (Å²) in [6.07, 6.45) is 8.20. The smallest absolute Gasteiger partial charge is 0.137 e. The van der Waals surface area contributed by atoms with E-state index in [1.807, 2.05) is 12.1 Å². The maximum Gasteiger partial charge on any atom is 0.137 e. The molecule has 0 aliphatic heterocycles. The fraction of sp³-hybridized carbons (Fsp3) is 0.647. The summed E-state index contributed by atoms with van der Waals surface area (Å²) in [5.74, 6) is 0.585. The Bertz CT molecular complexity index is 427. The maximum absolute atomic E-state index is 13.3. The van der Waals surface area contributed by atoms with Crippen LogP contribution in [0.15, 0.2) is 22.7 Å². The molecule has 0 bridgehead atoms. The molecule has 1 aromatic rings. The lowest BCUT2D eigenvalue weighted by Gasteiger charge is -2.27. The van der Waals surface area contributed by atoms with E-state index in [-0.39, 0.29) is 11.9 Å². The summed E-state index contributed by atoms with van der Waals surface area (Å²) in [6.45, 7) is 4.46. The van der Waals surface area contributed by atoms with Gasteiger partial charge in [0, 0.05) is 12.1 Å². The minimum atomic E-state index is -0.197. The predicted octanol–water partition coefficient (Wildman–Crippen LogP) is 5.60. The largest absolute Gasteiger partial charge is 0.307 e. The third-order valence-electron chi connectivity index (χ3n) is 4.56. The lowest BCUT2D eigenvalue weighted by Crippen LogP contribution is -2.35. The van der Waals surface area contributed by atoms with Crippen molar-refractivity contribution in [2.45, 2.75) is 64.5 Å². The van der Waals surface area contributed by atoms with Crippen LogP contribution < -0.4 is 5.32 Å². The molecule has 1 aliphatic carbocycles. The Morgan fingerprint density at radius 3 is 2.40 bits per heavy atom. The van der Waals surface area contributed by atoms with Gasteiger partial charge in [-0.1, -0.05) is 31.7 Å². The molecule has 20 heavy (non-hydrogen) atoms. The van der Waals surface area contributed by atoms with Gasteiger partial charge in [-0.15, -0.1) is 0 Å². The van der Waals surface area contributed by atoms with E-state index in [1.54, 1.807) is 0 Å². The van der Waals surface area contributed by atoms with Crippen LogP contribution in [-0.4, -0.2) is 6.04 Å². The number of halogens is 2. The van der Waals surface area contributed by atoms with E-state index < -0.39 is 0 Å². The molecule has 3 heteroatoms. The van der Waals surface area contributed by atoms with Crippen molar-refractivity contribution in [2.75, 3.05) is 0 Å². The van der Waals surface area contributed by atoms with Gasteiger partial charge < -0.3 is 5.32 Å². The normalized spacial score (nSPS) is 20.4. The standard InChI is InChI=1S/C17H25BrFN/c1-12(14-7-5-3-4-6-8-14)20-13(2)15-9-10-17(19)16(18)11-15/h9-14,20H,3-8H2,1-2H3/t12-,13?/m0/s1. The van der Waals surface area contributed by atoms with Gasteiger partial charge in [0.2, 0.25) is 0 Å². The van der Waals surface area contributed by atoms with Crippen molar-refractivity contribution in [1.82, 2.24) is 5.32 Å². The number of benzene rings is 1. The highest BCUT2D eigenvalue weighted by molar-refractivity contribution is 9.10. The number of hydrogen-bond acceptors (Lipinski definition) is 1. The van der Waals surface area contributed by atoms with E-state index in [1.165, 1.54) is 44.6 Å². The molecule has 0 amide bonds. The first-order valence-corrected chi connectivity index (χ1v) is 8.58. The minimum absolute atomic E-state index is 0.197. The second kappa shape index (κ2) is 7.56. The molecular formula is C17H25BrFN. The molecule has 1 N–H and O–H groups in total. The van der Waals surface area contributed by atoms with Gasteiger partial charge in [0.1, 0.15) is 5.82 Å². The van der Waals surface area contributed by atoms with Crippen molar-refractivity contribution in [3.63, 3.8) is 0 Å². The number of hydrogen-bond donors (Lipinski definition) is 1. The van der Waals surface area contributed by atoms with Crippen LogP contribution in [0, 0.1) is 11.7 Å². The van der Waals surface area contributed by atoms with E-state index in [2.05, 4.69) is 35.1 Å². The highest BCUT2D eigenvalue weighted by Crippen LogP contribution is 2.27. The maximum atomic E-state index is 13.3. The Hall–Kier alpha value is -0.410. The Morgan fingerprint density at radius 1 is 1.15 bits per heavy atom. The Morgan fingerprint density at radius 2 is 1.80 bits per heavy atom. The van der Waals surface area contributed by atoms with Crippen LogP contribution in [0.2, 0.25) is 0 Å². The van der Waals surface area contributed by atoms with Gasteiger partial charge in [-0.3, -0.25) is 0 Å². The van der Waals surface area contributed by atoms with E-state index >= 15 is 0 Å². The third kappa shape index (κ3) is 4.29. The van der Waals surface area contributed by atoms with Crippen molar-refractivity contribution in [1.29, 1.82) is 0 Å². The Balaban J connectivity index is 1.95. The summed E-state index contributed by atoms with van der Waals surface area (Å²) in [4.78, 5) is 0. The zero-order valence-corrected chi connectivity index (χ0v) is 14.0. The molecule has 0 radical (unpaired) electrons. The molecule has 1 fully saturated rings. The number of nitrogens with one attached hydrogen (secondary N) is 1. The molecule has 0 aromatic heterocycles. The van der Waals surface area contributed by atoms with E-state index in [0.717, 1.165) is 11.5 Å².